The predicted molar refractivity (Wildman–Crippen MR) is 74.3 cm³/mol. The summed E-state index contributed by atoms with van der Waals surface area (Å²) in [5.41, 5.74) is 0. The van der Waals surface area contributed by atoms with Crippen molar-refractivity contribution in [1.82, 2.24) is 10.2 Å². The highest BCUT2D eigenvalue weighted by Crippen LogP contribution is 2.29. The molecule has 0 aromatic rings. The third-order valence-electron chi connectivity index (χ3n) is 4.64. The summed E-state index contributed by atoms with van der Waals surface area (Å²) in [7, 11) is 0. The molecule has 17 heavy (non-hydrogen) atoms. The smallest absolute Gasteiger partial charge is 0.00912 e. The number of hydrogen-bond donors (Lipinski definition) is 1. The van der Waals surface area contributed by atoms with Gasteiger partial charge in [-0.05, 0) is 57.2 Å². The maximum Gasteiger partial charge on any atom is 0.00912 e. The predicted octanol–water partition coefficient (Wildman–Crippen LogP) is 2.89. The minimum atomic E-state index is 0.793. The third kappa shape index (κ3) is 4.26. The second kappa shape index (κ2) is 6.75. The van der Waals surface area contributed by atoms with Gasteiger partial charge in [0.05, 0.1) is 0 Å². The van der Waals surface area contributed by atoms with Crippen molar-refractivity contribution in [3.63, 3.8) is 0 Å². The van der Waals surface area contributed by atoms with Gasteiger partial charge < -0.3 is 10.2 Å². The lowest BCUT2D eigenvalue weighted by Crippen LogP contribution is -2.44. The van der Waals surface area contributed by atoms with Crippen LogP contribution in [0, 0.1) is 11.8 Å². The summed E-state index contributed by atoms with van der Waals surface area (Å²) in [6, 6.07) is 0.793. The maximum absolute atomic E-state index is 3.59. The Morgan fingerprint density at radius 3 is 2.53 bits per heavy atom. The second-order valence-corrected chi connectivity index (χ2v) is 6.27. The molecule has 2 heteroatoms. The highest BCUT2D eigenvalue weighted by atomic mass is 15.1. The number of nitrogens with one attached hydrogen (secondary N) is 1. The van der Waals surface area contributed by atoms with Crippen LogP contribution in [0.5, 0.6) is 0 Å². The molecule has 1 aliphatic carbocycles. The van der Waals surface area contributed by atoms with Crippen molar-refractivity contribution >= 4 is 0 Å². The van der Waals surface area contributed by atoms with E-state index in [-0.39, 0.29) is 0 Å². The van der Waals surface area contributed by atoms with Crippen LogP contribution < -0.4 is 5.32 Å². The van der Waals surface area contributed by atoms with Gasteiger partial charge in [0.15, 0.2) is 0 Å². The summed E-state index contributed by atoms with van der Waals surface area (Å²) in [5, 5.41) is 3.59. The Hall–Kier alpha value is -0.0800. The molecular weight excluding hydrogens is 208 g/mol. The molecular formula is C15H30N2. The Labute approximate surface area is 107 Å². The molecule has 2 rings (SSSR count). The highest BCUT2D eigenvalue weighted by molar-refractivity contribution is 4.80. The van der Waals surface area contributed by atoms with Crippen molar-refractivity contribution in [2.24, 2.45) is 11.8 Å². The van der Waals surface area contributed by atoms with Gasteiger partial charge in [0, 0.05) is 12.6 Å². The van der Waals surface area contributed by atoms with Gasteiger partial charge in [-0.3, -0.25) is 0 Å². The number of hydrogen-bond acceptors (Lipinski definition) is 2. The van der Waals surface area contributed by atoms with Crippen LogP contribution in [0.4, 0.5) is 0 Å². The summed E-state index contributed by atoms with van der Waals surface area (Å²) in [6.45, 7) is 9.80. The third-order valence-corrected chi connectivity index (χ3v) is 4.64. The molecule has 0 amide bonds. The molecule has 0 spiro atoms. The van der Waals surface area contributed by atoms with Crippen LogP contribution in [0.2, 0.25) is 0 Å². The molecule has 2 unspecified atom stereocenters. The highest BCUT2D eigenvalue weighted by Gasteiger charge is 2.24. The van der Waals surface area contributed by atoms with E-state index in [1.807, 2.05) is 0 Å². The van der Waals surface area contributed by atoms with E-state index in [1.165, 1.54) is 58.2 Å². The van der Waals surface area contributed by atoms with E-state index in [0.29, 0.717) is 0 Å². The summed E-state index contributed by atoms with van der Waals surface area (Å²) in [6.07, 6.45) is 8.62. The SMILES string of the molecule is CCNC1CCN(CC2CCCC(C)C2)CC1. The molecule has 0 aromatic carbocycles. The van der Waals surface area contributed by atoms with Crippen LogP contribution in [-0.4, -0.2) is 37.1 Å². The number of rotatable bonds is 4. The summed E-state index contributed by atoms with van der Waals surface area (Å²) in [5.74, 6) is 1.97. The van der Waals surface area contributed by atoms with Crippen LogP contribution in [0.15, 0.2) is 0 Å². The van der Waals surface area contributed by atoms with Gasteiger partial charge in [0.1, 0.15) is 0 Å². The van der Waals surface area contributed by atoms with Crippen molar-refractivity contribution in [2.75, 3.05) is 26.2 Å². The fraction of sp³-hybridized carbons (Fsp3) is 1.00. The van der Waals surface area contributed by atoms with Crippen molar-refractivity contribution in [3.05, 3.63) is 0 Å². The summed E-state index contributed by atoms with van der Waals surface area (Å²) >= 11 is 0. The number of likely N-dealkylation sites (tertiary alicyclic amines) is 1. The van der Waals surface area contributed by atoms with Gasteiger partial charge in [0.25, 0.3) is 0 Å². The molecule has 1 saturated carbocycles. The lowest BCUT2D eigenvalue weighted by atomic mass is 9.82. The van der Waals surface area contributed by atoms with E-state index in [9.17, 15) is 0 Å². The Balaban J connectivity index is 1.67. The first-order chi connectivity index (χ1) is 8.28. The fourth-order valence-corrected chi connectivity index (χ4v) is 3.70. The van der Waals surface area contributed by atoms with Crippen molar-refractivity contribution in [1.29, 1.82) is 0 Å². The summed E-state index contributed by atoms with van der Waals surface area (Å²) in [4.78, 5) is 2.72. The molecule has 1 saturated heterocycles. The van der Waals surface area contributed by atoms with Crippen molar-refractivity contribution in [2.45, 2.75) is 58.4 Å². The van der Waals surface area contributed by atoms with E-state index in [2.05, 4.69) is 24.1 Å². The normalized spacial score (nSPS) is 32.8. The Bertz CT molecular complexity index is 209. The zero-order valence-corrected chi connectivity index (χ0v) is 11.8. The molecule has 2 aliphatic rings. The van der Waals surface area contributed by atoms with E-state index in [1.54, 1.807) is 0 Å². The van der Waals surface area contributed by atoms with Crippen LogP contribution in [0.25, 0.3) is 0 Å². The first kappa shape index (κ1) is 13.4. The van der Waals surface area contributed by atoms with Crippen LogP contribution in [0.1, 0.15) is 52.4 Å². The molecule has 1 N–H and O–H groups in total. The Kier molecular flexibility index (Phi) is 5.30. The molecule has 2 fully saturated rings. The Morgan fingerprint density at radius 1 is 1.12 bits per heavy atom. The number of piperidine rings is 1. The maximum atomic E-state index is 3.59. The van der Waals surface area contributed by atoms with Gasteiger partial charge in [-0.2, -0.15) is 0 Å². The Morgan fingerprint density at radius 2 is 1.88 bits per heavy atom. The fourth-order valence-electron chi connectivity index (χ4n) is 3.70. The van der Waals surface area contributed by atoms with Gasteiger partial charge in [-0.25, -0.2) is 0 Å². The molecule has 100 valence electrons. The van der Waals surface area contributed by atoms with E-state index >= 15 is 0 Å². The van der Waals surface area contributed by atoms with Crippen molar-refractivity contribution < 1.29 is 0 Å². The summed E-state index contributed by atoms with van der Waals surface area (Å²) < 4.78 is 0. The zero-order valence-electron chi connectivity index (χ0n) is 11.8. The lowest BCUT2D eigenvalue weighted by molar-refractivity contribution is 0.144. The monoisotopic (exact) mass is 238 g/mol. The first-order valence-electron chi connectivity index (χ1n) is 7.73. The second-order valence-electron chi connectivity index (χ2n) is 6.27. The average Bonchev–Trinajstić information content (AvgIpc) is 2.32. The molecule has 2 nitrogen and oxygen atoms in total. The van der Waals surface area contributed by atoms with E-state index < -0.39 is 0 Å². The minimum Gasteiger partial charge on any atom is -0.314 e. The average molecular weight is 238 g/mol. The van der Waals surface area contributed by atoms with Gasteiger partial charge in [-0.15, -0.1) is 0 Å². The van der Waals surface area contributed by atoms with Gasteiger partial charge in [-0.1, -0.05) is 26.7 Å². The molecule has 1 aliphatic heterocycles. The van der Waals surface area contributed by atoms with Crippen LogP contribution in [0.3, 0.4) is 0 Å². The van der Waals surface area contributed by atoms with Gasteiger partial charge in [0.2, 0.25) is 0 Å². The zero-order chi connectivity index (χ0) is 12.1. The van der Waals surface area contributed by atoms with E-state index in [4.69, 9.17) is 0 Å². The first-order valence-corrected chi connectivity index (χ1v) is 7.73. The van der Waals surface area contributed by atoms with Crippen LogP contribution >= 0.6 is 0 Å². The number of nitrogens with zero attached hydrogens (tertiary/aromatic N) is 1. The van der Waals surface area contributed by atoms with Crippen LogP contribution in [-0.2, 0) is 0 Å². The quantitative estimate of drug-likeness (QED) is 0.810. The lowest BCUT2D eigenvalue weighted by Gasteiger charge is -2.36. The van der Waals surface area contributed by atoms with Gasteiger partial charge >= 0.3 is 0 Å². The molecule has 1 heterocycles. The minimum absolute atomic E-state index is 0.793. The molecule has 2 atom stereocenters. The topological polar surface area (TPSA) is 15.3 Å². The van der Waals surface area contributed by atoms with E-state index in [0.717, 1.165) is 24.4 Å². The standard InChI is InChI=1S/C15H30N2/c1-3-16-15-7-9-17(10-8-15)12-14-6-4-5-13(2)11-14/h13-16H,3-12H2,1-2H3. The van der Waals surface area contributed by atoms with Crippen molar-refractivity contribution in [3.8, 4) is 0 Å². The molecule has 0 bridgehead atoms. The molecule has 0 aromatic heterocycles. The largest absolute Gasteiger partial charge is 0.314 e. The molecule has 0 radical (unpaired) electrons.